The molecule has 3 atom stereocenters. The minimum atomic E-state index is 0.110. The minimum Gasteiger partial charge on any atom is -0.339 e. The van der Waals surface area contributed by atoms with Crippen molar-refractivity contribution in [3.63, 3.8) is 0 Å². The molecule has 1 aliphatic heterocycles. The Balaban J connectivity index is 1.73. The smallest absolute Gasteiger partial charge is 0.230 e. The van der Waals surface area contributed by atoms with E-state index in [0.717, 1.165) is 19.5 Å². The molecule has 1 aliphatic carbocycles. The first-order valence-electron chi connectivity index (χ1n) is 6.78. The van der Waals surface area contributed by atoms with Crippen LogP contribution in [0.2, 0.25) is 0 Å². The fraction of sp³-hybridized carbons (Fsp3) is 0.533. The zero-order valence-corrected chi connectivity index (χ0v) is 11.0. The van der Waals surface area contributed by atoms with E-state index in [9.17, 15) is 4.79 Å². The predicted molar refractivity (Wildman–Crippen MR) is 71.5 cm³/mol. The second kappa shape index (κ2) is 4.39. The lowest BCUT2D eigenvalue weighted by molar-refractivity contribution is -0.135. The molecule has 96 valence electrons. The Hall–Kier alpha value is -1.35. The van der Waals surface area contributed by atoms with Crippen LogP contribution >= 0.6 is 0 Å². The van der Waals surface area contributed by atoms with E-state index in [-0.39, 0.29) is 5.92 Å². The summed E-state index contributed by atoms with van der Waals surface area (Å²) < 4.78 is 0. The van der Waals surface area contributed by atoms with Crippen molar-refractivity contribution in [1.82, 2.24) is 10.2 Å². The summed E-state index contributed by atoms with van der Waals surface area (Å²) in [6.07, 6.45) is 0.918. The Bertz CT molecular complexity index is 461. The number of nitrogens with one attached hydrogen (secondary N) is 1. The van der Waals surface area contributed by atoms with Gasteiger partial charge in [0.2, 0.25) is 5.91 Å². The molecule has 3 nitrogen and oxygen atoms in total. The first kappa shape index (κ1) is 11.7. The van der Waals surface area contributed by atoms with Crippen LogP contribution in [0.5, 0.6) is 0 Å². The lowest BCUT2D eigenvalue weighted by atomic mass is 9.76. The van der Waals surface area contributed by atoms with Crippen molar-refractivity contribution in [2.24, 2.45) is 0 Å². The summed E-state index contributed by atoms with van der Waals surface area (Å²) in [5.41, 5.74) is 2.58. The van der Waals surface area contributed by atoms with E-state index in [1.54, 1.807) is 0 Å². The Morgan fingerprint density at radius 2 is 1.89 bits per heavy atom. The van der Waals surface area contributed by atoms with E-state index in [4.69, 9.17) is 0 Å². The molecule has 0 spiro atoms. The van der Waals surface area contributed by atoms with Crippen LogP contribution in [0.15, 0.2) is 24.3 Å². The topological polar surface area (TPSA) is 32.3 Å². The Morgan fingerprint density at radius 1 is 1.22 bits per heavy atom. The summed E-state index contributed by atoms with van der Waals surface area (Å²) in [6, 6.07) is 9.09. The lowest BCUT2D eigenvalue weighted by Crippen LogP contribution is -2.57. The summed E-state index contributed by atoms with van der Waals surface area (Å²) >= 11 is 0. The molecule has 1 heterocycles. The van der Waals surface area contributed by atoms with Gasteiger partial charge >= 0.3 is 0 Å². The van der Waals surface area contributed by atoms with E-state index < -0.39 is 0 Å². The van der Waals surface area contributed by atoms with Gasteiger partial charge in [-0.2, -0.15) is 0 Å². The molecule has 1 aromatic carbocycles. The van der Waals surface area contributed by atoms with Gasteiger partial charge in [0.25, 0.3) is 0 Å². The lowest BCUT2D eigenvalue weighted by Gasteiger charge is -2.40. The Morgan fingerprint density at radius 3 is 2.56 bits per heavy atom. The average molecular weight is 244 g/mol. The predicted octanol–water partition coefficient (Wildman–Crippen LogP) is 1.54. The Labute approximate surface area is 108 Å². The maximum Gasteiger partial charge on any atom is 0.230 e. The SMILES string of the molecule is CC1CN(C(=O)C2Cc3ccccc32)CC(C)N1. The molecule has 0 saturated carbocycles. The van der Waals surface area contributed by atoms with Gasteiger partial charge in [0.1, 0.15) is 0 Å². The summed E-state index contributed by atoms with van der Waals surface area (Å²) in [6.45, 7) is 5.96. The van der Waals surface area contributed by atoms with Crippen molar-refractivity contribution in [3.05, 3.63) is 35.4 Å². The van der Waals surface area contributed by atoms with E-state index in [1.807, 2.05) is 11.0 Å². The number of amides is 1. The third kappa shape index (κ3) is 1.93. The number of fused-ring (bicyclic) bond motifs is 1. The molecular formula is C15H20N2O. The number of piperazine rings is 1. The number of nitrogens with zero attached hydrogens (tertiary/aromatic N) is 1. The zero-order chi connectivity index (χ0) is 12.7. The number of hydrogen-bond donors (Lipinski definition) is 1. The number of hydrogen-bond acceptors (Lipinski definition) is 2. The largest absolute Gasteiger partial charge is 0.339 e. The standard InChI is InChI=1S/C15H20N2O/c1-10-8-17(9-11(2)16-10)15(18)14-7-12-5-3-4-6-13(12)14/h3-6,10-11,14,16H,7-9H2,1-2H3. The molecule has 0 aromatic heterocycles. The van der Waals surface area contributed by atoms with Gasteiger partial charge in [-0.05, 0) is 31.4 Å². The van der Waals surface area contributed by atoms with Crippen LogP contribution in [-0.4, -0.2) is 36.0 Å². The van der Waals surface area contributed by atoms with Gasteiger partial charge in [0, 0.05) is 25.2 Å². The van der Waals surface area contributed by atoms with Gasteiger partial charge in [-0.1, -0.05) is 24.3 Å². The molecule has 1 fully saturated rings. The summed E-state index contributed by atoms with van der Waals surface area (Å²) in [7, 11) is 0. The molecule has 0 radical (unpaired) electrons. The first-order chi connectivity index (χ1) is 8.65. The number of carbonyl (C=O) groups is 1. The normalized spacial score (nSPS) is 30.6. The average Bonchev–Trinajstić information content (AvgIpc) is 2.29. The van der Waals surface area contributed by atoms with Crippen molar-refractivity contribution < 1.29 is 4.79 Å². The molecule has 0 bridgehead atoms. The number of benzene rings is 1. The molecule has 2 aliphatic rings. The van der Waals surface area contributed by atoms with Crippen LogP contribution in [0.3, 0.4) is 0 Å². The van der Waals surface area contributed by atoms with Crippen LogP contribution in [0.25, 0.3) is 0 Å². The van der Waals surface area contributed by atoms with E-state index in [1.165, 1.54) is 11.1 Å². The van der Waals surface area contributed by atoms with Crippen molar-refractivity contribution in [2.45, 2.75) is 38.3 Å². The van der Waals surface area contributed by atoms with Gasteiger partial charge in [0.05, 0.1) is 5.92 Å². The highest BCUT2D eigenvalue weighted by atomic mass is 16.2. The fourth-order valence-electron chi connectivity index (χ4n) is 3.21. The first-order valence-corrected chi connectivity index (χ1v) is 6.78. The van der Waals surface area contributed by atoms with Crippen molar-refractivity contribution in [1.29, 1.82) is 0 Å². The zero-order valence-electron chi connectivity index (χ0n) is 11.0. The highest BCUT2D eigenvalue weighted by Gasteiger charge is 2.36. The quantitative estimate of drug-likeness (QED) is 0.812. The molecule has 3 heteroatoms. The molecule has 18 heavy (non-hydrogen) atoms. The summed E-state index contributed by atoms with van der Waals surface area (Å²) in [4.78, 5) is 14.6. The number of carbonyl (C=O) groups excluding carboxylic acids is 1. The van der Waals surface area contributed by atoms with Gasteiger partial charge in [-0.25, -0.2) is 0 Å². The third-order valence-corrected chi connectivity index (χ3v) is 4.02. The van der Waals surface area contributed by atoms with Crippen molar-refractivity contribution in [2.75, 3.05) is 13.1 Å². The highest BCUT2D eigenvalue weighted by molar-refractivity contribution is 5.87. The van der Waals surface area contributed by atoms with Gasteiger partial charge in [-0.3, -0.25) is 4.79 Å². The van der Waals surface area contributed by atoms with Gasteiger partial charge in [0.15, 0.2) is 0 Å². The van der Waals surface area contributed by atoms with Crippen molar-refractivity contribution >= 4 is 5.91 Å². The van der Waals surface area contributed by atoms with E-state index in [0.29, 0.717) is 18.0 Å². The molecule has 3 rings (SSSR count). The van der Waals surface area contributed by atoms with E-state index in [2.05, 4.69) is 37.4 Å². The van der Waals surface area contributed by atoms with Gasteiger partial charge in [-0.15, -0.1) is 0 Å². The molecule has 1 saturated heterocycles. The van der Waals surface area contributed by atoms with Crippen LogP contribution in [0, 0.1) is 0 Å². The molecule has 1 aromatic rings. The minimum absolute atomic E-state index is 0.110. The maximum absolute atomic E-state index is 12.5. The number of rotatable bonds is 1. The van der Waals surface area contributed by atoms with Crippen molar-refractivity contribution in [3.8, 4) is 0 Å². The second-order valence-electron chi connectivity index (χ2n) is 5.67. The summed E-state index contributed by atoms with van der Waals surface area (Å²) in [5.74, 6) is 0.424. The highest BCUT2D eigenvalue weighted by Crippen LogP contribution is 2.36. The fourth-order valence-corrected chi connectivity index (χ4v) is 3.21. The van der Waals surface area contributed by atoms with Gasteiger partial charge < -0.3 is 10.2 Å². The summed E-state index contributed by atoms with van der Waals surface area (Å²) in [5, 5.41) is 3.46. The second-order valence-corrected chi connectivity index (χ2v) is 5.67. The third-order valence-electron chi connectivity index (χ3n) is 4.02. The monoisotopic (exact) mass is 244 g/mol. The van der Waals surface area contributed by atoms with Crippen LogP contribution < -0.4 is 5.32 Å². The van der Waals surface area contributed by atoms with Crippen LogP contribution in [-0.2, 0) is 11.2 Å². The molecular weight excluding hydrogens is 224 g/mol. The molecule has 1 N–H and O–H groups in total. The van der Waals surface area contributed by atoms with Crippen LogP contribution in [0.1, 0.15) is 30.9 Å². The maximum atomic E-state index is 12.5. The molecule has 1 amide bonds. The van der Waals surface area contributed by atoms with E-state index >= 15 is 0 Å². The Kier molecular flexibility index (Phi) is 2.86. The van der Waals surface area contributed by atoms with Crippen LogP contribution in [0.4, 0.5) is 0 Å². The molecule has 3 unspecified atom stereocenters.